The third-order valence-corrected chi connectivity index (χ3v) is 4.42. The molecule has 0 spiro atoms. The van der Waals surface area contributed by atoms with Crippen LogP contribution < -0.4 is 15.4 Å². The van der Waals surface area contributed by atoms with Gasteiger partial charge < -0.3 is 15.4 Å². The molecule has 7 nitrogen and oxygen atoms in total. The smallest absolute Gasteiger partial charge is 0.242 e. The molecule has 2 rings (SSSR count). The van der Waals surface area contributed by atoms with E-state index >= 15 is 0 Å². The average molecular weight is 333 g/mol. The van der Waals surface area contributed by atoms with Crippen molar-refractivity contribution in [2.45, 2.75) is 39.7 Å². The van der Waals surface area contributed by atoms with Gasteiger partial charge in [0.05, 0.1) is 12.5 Å². The van der Waals surface area contributed by atoms with Gasteiger partial charge in [-0.1, -0.05) is 0 Å². The summed E-state index contributed by atoms with van der Waals surface area (Å²) in [5.74, 6) is 0.625. The number of nitrogens with zero attached hydrogens (tertiary/aromatic N) is 3. The molecule has 2 aromatic heterocycles. The topological polar surface area (TPSA) is 81.1 Å². The van der Waals surface area contributed by atoms with Crippen molar-refractivity contribution in [1.82, 2.24) is 25.4 Å². The molecule has 1 amide bonds. The number of rotatable bonds is 7. The molecular weight excluding hydrogens is 306 g/mol. The predicted molar refractivity (Wildman–Crippen MR) is 94.4 cm³/mol. The summed E-state index contributed by atoms with van der Waals surface area (Å²) in [7, 11) is 5.34. The van der Waals surface area contributed by atoms with E-state index in [2.05, 4.69) is 20.7 Å². The number of methoxy groups -OCH3 is 1. The lowest BCUT2D eigenvalue weighted by molar-refractivity contribution is -0.121. The number of aromatic nitrogens is 3. The van der Waals surface area contributed by atoms with Crippen LogP contribution in [0.2, 0.25) is 0 Å². The Hall–Kier alpha value is -2.15. The molecule has 0 aliphatic carbocycles. The van der Waals surface area contributed by atoms with Gasteiger partial charge in [0.2, 0.25) is 11.8 Å². The predicted octanol–water partition coefficient (Wildman–Crippen LogP) is 1.25. The SMILES string of the molecule is CNC(C)CNC(=O)CCc1c(C)nc2c(c(OC)nn2C)c1C. The minimum atomic E-state index is 0.0501. The zero-order valence-electron chi connectivity index (χ0n) is 15.4. The number of fused-ring (bicyclic) bond motifs is 1. The first kappa shape index (κ1) is 18.2. The molecule has 0 saturated heterocycles. The van der Waals surface area contributed by atoms with Gasteiger partial charge in [0.1, 0.15) is 0 Å². The first-order valence-corrected chi connectivity index (χ1v) is 8.19. The second kappa shape index (κ2) is 7.61. The van der Waals surface area contributed by atoms with Gasteiger partial charge in [-0.3, -0.25) is 4.79 Å². The van der Waals surface area contributed by atoms with Crippen molar-refractivity contribution in [3.63, 3.8) is 0 Å². The van der Waals surface area contributed by atoms with E-state index in [0.29, 0.717) is 25.3 Å². The molecular formula is C17H27N5O2. The maximum atomic E-state index is 12.0. The van der Waals surface area contributed by atoms with Gasteiger partial charge in [-0.15, -0.1) is 5.10 Å². The van der Waals surface area contributed by atoms with Crippen molar-refractivity contribution in [2.24, 2.45) is 7.05 Å². The summed E-state index contributed by atoms with van der Waals surface area (Å²) in [6.45, 7) is 6.67. The maximum absolute atomic E-state index is 12.0. The van der Waals surface area contributed by atoms with Gasteiger partial charge in [0, 0.05) is 31.7 Å². The quantitative estimate of drug-likeness (QED) is 0.797. The van der Waals surface area contributed by atoms with Crippen LogP contribution in [0.4, 0.5) is 0 Å². The second-order valence-electron chi connectivity index (χ2n) is 6.13. The zero-order valence-corrected chi connectivity index (χ0v) is 15.4. The highest BCUT2D eigenvalue weighted by Crippen LogP contribution is 2.30. The number of aryl methyl sites for hydroxylation is 3. The van der Waals surface area contributed by atoms with E-state index in [1.165, 1.54) is 0 Å². The molecule has 1 unspecified atom stereocenters. The van der Waals surface area contributed by atoms with Gasteiger partial charge in [-0.05, 0) is 45.4 Å². The van der Waals surface area contributed by atoms with Crippen molar-refractivity contribution in [3.8, 4) is 5.88 Å². The Morgan fingerprint density at radius 2 is 2.08 bits per heavy atom. The van der Waals surface area contributed by atoms with Gasteiger partial charge in [-0.25, -0.2) is 9.67 Å². The number of ether oxygens (including phenoxy) is 1. The van der Waals surface area contributed by atoms with Crippen LogP contribution in [0.25, 0.3) is 11.0 Å². The van der Waals surface area contributed by atoms with Crippen LogP contribution in [0.1, 0.15) is 30.2 Å². The normalized spacial score (nSPS) is 12.4. The Bertz CT molecular complexity index is 738. The molecule has 2 heterocycles. The molecule has 2 aromatic rings. The number of carbonyl (C=O) groups excluding carboxylic acids is 1. The molecule has 0 saturated carbocycles. The molecule has 24 heavy (non-hydrogen) atoms. The Labute approximate surface area is 142 Å². The van der Waals surface area contributed by atoms with Gasteiger partial charge >= 0.3 is 0 Å². The van der Waals surface area contributed by atoms with E-state index in [9.17, 15) is 4.79 Å². The maximum Gasteiger partial charge on any atom is 0.242 e. The third-order valence-electron chi connectivity index (χ3n) is 4.42. The van der Waals surface area contributed by atoms with Crippen molar-refractivity contribution < 1.29 is 9.53 Å². The molecule has 0 fully saturated rings. The largest absolute Gasteiger partial charge is 0.479 e. The molecule has 0 radical (unpaired) electrons. The Morgan fingerprint density at radius 3 is 2.71 bits per heavy atom. The molecule has 2 N–H and O–H groups in total. The lowest BCUT2D eigenvalue weighted by atomic mass is 10.00. The van der Waals surface area contributed by atoms with Crippen molar-refractivity contribution in [2.75, 3.05) is 20.7 Å². The zero-order chi connectivity index (χ0) is 17.9. The highest BCUT2D eigenvalue weighted by atomic mass is 16.5. The van der Waals surface area contributed by atoms with Crippen LogP contribution in [-0.2, 0) is 18.3 Å². The number of hydrogen-bond donors (Lipinski definition) is 2. The summed E-state index contributed by atoms with van der Waals surface area (Å²) in [6, 6.07) is 0.259. The fraction of sp³-hybridized carbons (Fsp3) is 0.588. The van der Waals surface area contributed by atoms with Crippen molar-refractivity contribution in [3.05, 3.63) is 16.8 Å². The van der Waals surface area contributed by atoms with E-state index in [-0.39, 0.29) is 11.9 Å². The van der Waals surface area contributed by atoms with Crippen LogP contribution >= 0.6 is 0 Å². The molecule has 1 atom stereocenters. The minimum Gasteiger partial charge on any atom is -0.479 e. The van der Waals surface area contributed by atoms with Crippen LogP contribution in [-0.4, -0.2) is 47.4 Å². The van der Waals surface area contributed by atoms with E-state index in [1.807, 2.05) is 34.9 Å². The van der Waals surface area contributed by atoms with Crippen LogP contribution in [0.5, 0.6) is 5.88 Å². The van der Waals surface area contributed by atoms with E-state index in [4.69, 9.17) is 4.74 Å². The summed E-state index contributed by atoms with van der Waals surface area (Å²) < 4.78 is 7.09. The molecule has 0 bridgehead atoms. The highest BCUT2D eigenvalue weighted by Gasteiger charge is 2.18. The number of pyridine rings is 1. The number of amides is 1. The molecule has 0 aromatic carbocycles. The van der Waals surface area contributed by atoms with Gasteiger partial charge in [-0.2, -0.15) is 0 Å². The molecule has 0 aliphatic heterocycles. The fourth-order valence-electron chi connectivity index (χ4n) is 2.80. The van der Waals surface area contributed by atoms with Gasteiger partial charge in [0.25, 0.3) is 0 Å². The summed E-state index contributed by atoms with van der Waals surface area (Å²) in [5, 5.41) is 11.3. The Morgan fingerprint density at radius 1 is 1.38 bits per heavy atom. The second-order valence-corrected chi connectivity index (χ2v) is 6.13. The number of nitrogens with one attached hydrogen (secondary N) is 2. The van der Waals surface area contributed by atoms with Crippen LogP contribution in [0, 0.1) is 13.8 Å². The third kappa shape index (κ3) is 3.67. The summed E-state index contributed by atoms with van der Waals surface area (Å²) in [5.41, 5.74) is 3.91. The first-order valence-electron chi connectivity index (χ1n) is 8.19. The highest BCUT2D eigenvalue weighted by molar-refractivity contribution is 5.86. The summed E-state index contributed by atoms with van der Waals surface area (Å²) in [4.78, 5) is 16.7. The van der Waals surface area contributed by atoms with E-state index in [1.54, 1.807) is 11.8 Å². The Kier molecular flexibility index (Phi) is 5.77. The summed E-state index contributed by atoms with van der Waals surface area (Å²) >= 11 is 0. The van der Waals surface area contributed by atoms with Crippen LogP contribution in [0.3, 0.4) is 0 Å². The average Bonchev–Trinajstić information content (AvgIpc) is 2.88. The number of hydrogen-bond acceptors (Lipinski definition) is 5. The van der Waals surface area contributed by atoms with E-state index < -0.39 is 0 Å². The number of likely N-dealkylation sites (N-methyl/N-ethyl adjacent to an activating group) is 1. The lowest BCUT2D eigenvalue weighted by Crippen LogP contribution is -2.37. The minimum absolute atomic E-state index is 0.0501. The summed E-state index contributed by atoms with van der Waals surface area (Å²) in [6.07, 6.45) is 1.09. The number of carbonyl (C=O) groups is 1. The molecule has 7 heteroatoms. The van der Waals surface area contributed by atoms with E-state index in [0.717, 1.165) is 27.9 Å². The van der Waals surface area contributed by atoms with Crippen molar-refractivity contribution in [1.29, 1.82) is 0 Å². The standard InChI is InChI=1S/C17H27N5O2/c1-10(18-4)9-19-14(23)8-7-13-11(2)15-16(20-12(13)3)22(5)21-17(15)24-6/h10,18H,7-9H2,1-6H3,(H,19,23). The van der Waals surface area contributed by atoms with Gasteiger partial charge in [0.15, 0.2) is 5.65 Å². The first-order chi connectivity index (χ1) is 11.4. The van der Waals surface area contributed by atoms with Crippen LogP contribution in [0.15, 0.2) is 0 Å². The monoisotopic (exact) mass is 333 g/mol. The molecule has 0 aliphatic rings. The lowest BCUT2D eigenvalue weighted by Gasteiger charge is -2.13. The molecule has 132 valence electrons. The fourth-order valence-corrected chi connectivity index (χ4v) is 2.80. The Balaban J connectivity index is 2.19. The van der Waals surface area contributed by atoms with Crippen molar-refractivity contribution >= 4 is 16.9 Å².